The smallest absolute Gasteiger partial charge is 0.360 e. The Kier molecular flexibility index (Phi) is 4.18. The molecule has 0 spiro atoms. The van der Waals surface area contributed by atoms with Crippen molar-refractivity contribution in [2.75, 3.05) is 13.1 Å². The van der Waals surface area contributed by atoms with Gasteiger partial charge in [0.05, 0.1) is 12.2 Å². The summed E-state index contributed by atoms with van der Waals surface area (Å²) >= 11 is 0. The summed E-state index contributed by atoms with van der Waals surface area (Å²) in [5.41, 5.74) is 0.00506. The zero-order chi connectivity index (χ0) is 16.6. The molecule has 1 aliphatic rings. The first-order valence-corrected chi connectivity index (χ1v) is 7.58. The lowest BCUT2D eigenvalue weighted by Gasteiger charge is -2.31. The van der Waals surface area contributed by atoms with Gasteiger partial charge in [0.15, 0.2) is 11.5 Å². The van der Waals surface area contributed by atoms with Crippen molar-refractivity contribution in [3.63, 3.8) is 0 Å². The molecule has 2 aromatic heterocycles. The topological polar surface area (TPSA) is 47.1 Å². The molecule has 0 aliphatic carbocycles. The highest BCUT2D eigenvalue weighted by atomic mass is 19.4. The number of imidazole rings is 1. The number of nitrogens with zero attached hydrogens (tertiary/aromatic N) is 4. The van der Waals surface area contributed by atoms with Crippen molar-refractivity contribution < 1.29 is 17.7 Å². The summed E-state index contributed by atoms with van der Waals surface area (Å²) in [6.07, 6.45) is -1.57. The van der Waals surface area contributed by atoms with Crippen molar-refractivity contribution in [2.45, 2.75) is 38.4 Å². The quantitative estimate of drug-likeness (QED) is 0.868. The van der Waals surface area contributed by atoms with Crippen LogP contribution < -0.4 is 0 Å². The van der Waals surface area contributed by atoms with E-state index >= 15 is 0 Å². The average molecular weight is 328 g/mol. The maximum atomic E-state index is 12.8. The predicted molar refractivity (Wildman–Crippen MR) is 76.7 cm³/mol. The van der Waals surface area contributed by atoms with Crippen LogP contribution in [0.3, 0.4) is 0 Å². The molecule has 3 rings (SSSR count). The van der Waals surface area contributed by atoms with E-state index in [0.717, 1.165) is 37.0 Å². The molecule has 1 atom stereocenters. The van der Waals surface area contributed by atoms with Crippen LogP contribution >= 0.6 is 0 Å². The van der Waals surface area contributed by atoms with Crippen LogP contribution in [0, 0.1) is 6.92 Å². The zero-order valence-electron chi connectivity index (χ0n) is 13.1. The molecule has 0 bridgehead atoms. The fraction of sp³-hybridized carbons (Fsp3) is 0.600. The van der Waals surface area contributed by atoms with Gasteiger partial charge in [0.2, 0.25) is 0 Å². The van der Waals surface area contributed by atoms with Gasteiger partial charge in [-0.3, -0.25) is 4.90 Å². The number of halogens is 3. The maximum absolute atomic E-state index is 12.8. The number of alkyl halides is 3. The minimum atomic E-state index is -4.40. The Bertz CT molecular complexity index is 677. The summed E-state index contributed by atoms with van der Waals surface area (Å²) in [6.45, 7) is 4.04. The SMILES string of the molecule is Cc1cc(CN2CCC[C@H](c3nc(C(F)(F)F)cn3C)C2)on1. The zero-order valence-corrected chi connectivity index (χ0v) is 13.1. The lowest BCUT2D eigenvalue weighted by Crippen LogP contribution is -2.34. The van der Waals surface area contributed by atoms with E-state index < -0.39 is 11.9 Å². The number of piperidine rings is 1. The van der Waals surface area contributed by atoms with E-state index in [1.165, 1.54) is 4.57 Å². The predicted octanol–water partition coefficient (Wildman–Crippen LogP) is 3.11. The molecule has 0 radical (unpaired) electrons. The molecule has 5 nitrogen and oxygen atoms in total. The molecule has 23 heavy (non-hydrogen) atoms. The highest BCUT2D eigenvalue weighted by molar-refractivity contribution is 5.12. The van der Waals surface area contributed by atoms with Gasteiger partial charge in [-0.25, -0.2) is 4.98 Å². The summed E-state index contributed by atoms with van der Waals surface area (Å²) in [7, 11) is 1.62. The molecule has 0 amide bonds. The lowest BCUT2D eigenvalue weighted by molar-refractivity contribution is -0.141. The third-order valence-electron chi connectivity index (χ3n) is 4.13. The van der Waals surface area contributed by atoms with Gasteiger partial charge in [-0.2, -0.15) is 13.2 Å². The van der Waals surface area contributed by atoms with Gasteiger partial charge >= 0.3 is 6.18 Å². The molecule has 1 aliphatic heterocycles. The summed E-state index contributed by atoms with van der Waals surface area (Å²) in [5.74, 6) is 1.27. The van der Waals surface area contributed by atoms with E-state index in [9.17, 15) is 13.2 Å². The number of likely N-dealkylation sites (tertiary alicyclic amines) is 1. The number of rotatable bonds is 3. The number of hydrogen-bond donors (Lipinski definition) is 0. The van der Waals surface area contributed by atoms with Crippen molar-refractivity contribution in [3.05, 3.63) is 35.2 Å². The monoisotopic (exact) mass is 328 g/mol. The third-order valence-corrected chi connectivity index (χ3v) is 4.13. The minimum absolute atomic E-state index is 0.00568. The number of aryl methyl sites for hydroxylation is 2. The fourth-order valence-electron chi connectivity index (χ4n) is 3.12. The van der Waals surface area contributed by atoms with Crippen molar-refractivity contribution in [1.29, 1.82) is 0 Å². The summed E-state index contributed by atoms with van der Waals surface area (Å²) < 4.78 is 45.1. The van der Waals surface area contributed by atoms with Crippen LogP contribution in [0.1, 0.15) is 41.7 Å². The van der Waals surface area contributed by atoms with Crippen molar-refractivity contribution >= 4 is 0 Å². The third kappa shape index (κ3) is 3.57. The Labute approximate surface area is 132 Å². The van der Waals surface area contributed by atoms with Crippen molar-refractivity contribution in [1.82, 2.24) is 19.6 Å². The van der Waals surface area contributed by atoms with Gasteiger partial charge in [0.1, 0.15) is 5.82 Å². The van der Waals surface area contributed by atoms with E-state index in [0.29, 0.717) is 18.9 Å². The van der Waals surface area contributed by atoms with Crippen LogP contribution in [0.4, 0.5) is 13.2 Å². The molecule has 126 valence electrons. The van der Waals surface area contributed by atoms with Gasteiger partial charge in [-0.15, -0.1) is 0 Å². The van der Waals surface area contributed by atoms with Crippen molar-refractivity contribution in [2.24, 2.45) is 7.05 Å². The van der Waals surface area contributed by atoms with Crippen LogP contribution in [0.25, 0.3) is 0 Å². The molecule has 0 N–H and O–H groups in total. The standard InChI is InChI=1S/C15H19F3N4O/c1-10-6-12(23-20-10)8-22-5-3-4-11(7-22)14-19-13(9-21(14)2)15(16,17)18/h6,9,11H,3-5,7-8H2,1-2H3/t11-/m0/s1. The van der Waals surface area contributed by atoms with Crippen LogP contribution in [-0.2, 0) is 19.8 Å². The van der Waals surface area contributed by atoms with Crippen LogP contribution in [0.2, 0.25) is 0 Å². The van der Waals surface area contributed by atoms with Gasteiger partial charge < -0.3 is 9.09 Å². The first-order chi connectivity index (χ1) is 10.8. The Balaban J connectivity index is 1.72. The van der Waals surface area contributed by atoms with Crippen LogP contribution in [0.5, 0.6) is 0 Å². The Hall–Kier alpha value is -1.83. The molecule has 1 saturated heterocycles. The highest BCUT2D eigenvalue weighted by Crippen LogP contribution is 2.32. The average Bonchev–Trinajstić information content (AvgIpc) is 3.05. The molecular formula is C15H19F3N4O. The van der Waals surface area contributed by atoms with Gasteiger partial charge in [-0.1, -0.05) is 5.16 Å². The lowest BCUT2D eigenvalue weighted by atomic mass is 9.97. The fourth-order valence-corrected chi connectivity index (χ4v) is 3.12. The summed E-state index contributed by atoms with van der Waals surface area (Å²) in [6, 6.07) is 1.88. The molecule has 0 aromatic carbocycles. The van der Waals surface area contributed by atoms with Gasteiger partial charge in [0, 0.05) is 31.8 Å². The summed E-state index contributed by atoms with van der Waals surface area (Å²) in [5, 5.41) is 3.86. The molecule has 0 unspecified atom stereocenters. The first kappa shape index (κ1) is 16.0. The van der Waals surface area contributed by atoms with Gasteiger partial charge in [0.25, 0.3) is 0 Å². The number of hydrogen-bond acceptors (Lipinski definition) is 4. The first-order valence-electron chi connectivity index (χ1n) is 7.58. The molecular weight excluding hydrogens is 309 g/mol. The van der Waals surface area contributed by atoms with E-state index in [2.05, 4.69) is 15.0 Å². The van der Waals surface area contributed by atoms with E-state index in [-0.39, 0.29) is 5.92 Å². The molecule has 8 heteroatoms. The molecule has 3 heterocycles. The minimum Gasteiger partial charge on any atom is -0.360 e. The highest BCUT2D eigenvalue weighted by Gasteiger charge is 2.36. The Morgan fingerprint density at radius 3 is 2.78 bits per heavy atom. The van der Waals surface area contributed by atoms with Crippen LogP contribution in [-0.4, -0.2) is 32.7 Å². The molecule has 1 fully saturated rings. The van der Waals surface area contributed by atoms with E-state index in [1.54, 1.807) is 7.05 Å². The number of aromatic nitrogens is 3. The second-order valence-corrected chi connectivity index (χ2v) is 6.10. The van der Waals surface area contributed by atoms with Gasteiger partial charge in [-0.05, 0) is 26.3 Å². The Morgan fingerprint density at radius 1 is 1.39 bits per heavy atom. The Morgan fingerprint density at radius 2 is 2.17 bits per heavy atom. The largest absolute Gasteiger partial charge is 0.434 e. The second-order valence-electron chi connectivity index (χ2n) is 6.10. The maximum Gasteiger partial charge on any atom is 0.434 e. The van der Waals surface area contributed by atoms with E-state index in [4.69, 9.17) is 4.52 Å². The summed E-state index contributed by atoms with van der Waals surface area (Å²) in [4.78, 5) is 6.00. The van der Waals surface area contributed by atoms with E-state index in [1.807, 2.05) is 13.0 Å². The van der Waals surface area contributed by atoms with Crippen LogP contribution in [0.15, 0.2) is 16.8 Å². The molecule has 0 saturated carbocycles. The normalized spacial score (nSPS) is 20.1. The second kappa shape index (κ2) is 5.99. The molecule has 2 aromatic rings. The van der Waals surface area contributed by atoms with Crippen molar-refractivity contribution in [3.8, 4) is 0 Å².